The van der Waals surface area contributed by atoms with Crippen molar-refractivity contribution in [3.63, 3.8) is 0 Å². The van der Waals surface area contributed by atoms with Crippen LogP contribution in [0.2, 0.25) is 5.02 Å². The quantitative estimate of drug-likeness (QED) is 0.744. The van der Waals surface area contributed by atoms with Gasteiger partial charge in [-0.05, 0) is 25.5 Å². The molecule has 1 unspecified atom stereocenters. The molecular formula is C11H14ClFO. The second kappa shape index (κ2) is 5.32. The third-order valence-corrected chi connectivity index (χ3v) is 2.50. The van der Waals surface area contributed by atoms with Crippen molar-refractivity contribution < 1.29 is 9.13 Å². The van der Waals surface area contributed by atoms with Crippen molar-refractivity contribution in [2.45, 2.75) is 33.0 Å². The zero-order valence-electron chi connectivity index (χ0n) is 8.39. The first-order valence-corrected chi connectivity index (χ1v) is 5.07. The summed E-state index contributed by atoms with van der Waals surface area (Å²) in [5, 5.41) is 0.424. The Morgan fingerprint density at radius 2 is 2.21 bits per heavy atom. The number of hydrogen-bond donors (Lipinski definition) is 0. The molecule has 0 heterocycles. The second-order valence-electron chi connectivity index (χ2n) is 3.23. The van der Waals surface area contributed by atoms with E-state index in [1.807, 2.05) is 13.8 Å². The molecule has 0 bridgehead atoms. The summed E-state index contributed by atoms with van der Waals surface area (Å²) in [5.41, 5.74) is 0.439. The molecular weight excluding hydrogens is 203 g/mol. The lowest BCUT2D eigenvalue weighted by Gasteiger charge is -2.11. The van der Waals surface area contributed by atoms with Crippen molar-refractivity contribution in [2.75, 3.05) is 0 Å². The van der Waals surface area contributed by atoms with Crippen LogP contribution in [0, 0.1) is 5.82 Å². The normalized spacial score (nSPS) is 12.9. The molecule has 1 nitrogen and oxygen atoms in total. The molecule has 1 aromatic rings. The first-order chi connectivity index (χ1) is 6.65. The van der Waals surface area contributed by atoms with E-state index >= 15 is 0 Å². The lowest BCUT2D eigenvalue weighted by molar-refractivity contribution is 0.0493. The fourth-order valence-corrected chi connectivity index (χ4v) is 1.23. The van der Waals surface area contributed by atoms with E-state index in [0.717, 1.165) is 6.42 Å². The Kier molecular flexibility index (Phi) is 4.36. The van der Waals surface area contributed by atoms with Crippen LogP contribution in [0.15, 0.2) is 18.2 Å². The molecule has 0 aliphatic rings. The van der Waals surface area contributed by atoms with Crippen LogP contribution >= 0.6 is 11.6 Å². The van der Waals surface area contributed by atoms with Gasteiger partial charge in [-0.15, -0.1) is 0 Å². The standard InChI is InChI=1S/C11H14ClFO/c1-3-8(2)14-7-9-10(12)5-4-6-11(9)13/h4-6,8H,3,7H2,1-2H3. The molecule has 0 amide bonds. The Hall–Kier alpha value is -0.600. The zero-order chi connectivity index (χ0) is 10.6. The molecule has 0 saturated carbocycles. The summed E-state index contributed by atoms with van der Waals surface area (Å²) in [6, 6.07) is 4.64. The highest BCUT2D eigenvalue weighted by molar-refractivity contribution is 6.31. The van der Waals surface area contributed by atoms with E-state index in [1.165, 1.54) is 6.07 Å². The molecule has 0 aliphatic carbocycles. The third kappa shape index (κ3) is 2.96. The van der Waals surface area contributed by atoms with Gasteiger partial charge in [0, 0.05) is 10.6 Å². The van der Waals surface area contributed by atoms with Gasteiger partial charge >= 0.3 is 0 Å². The van der Waals surface area contributed by atoms with Gasteiger partial charge in [0.1, 0.15) is 5.82 Å². The van der Waals surface area contributed by atoms with Crippen LogP contribution in [0.5, 0.6) is 0 Å². The fraction of sp³-hybridized carbons (Fsp3) is 0.455. The van der Waals surface area contributed by atoms with Crippen LogP contribution in [-0.4, -0.2) is 6.10 Å². The molecule has 0 radical (unpaired) electrons. The van der Waals surface area contributed by atoms with E-state index in [1.54, 1.807) is 12.1 Å². The van der Waals surface area contributed by atoms with Crippen molar-refractivity contribution in [1.29, 1.82) is 0 Å². The summed E-state index contributed by atoms with van der Waals surface area (Å²) >= 11 is 5.84. The Bertz CT molecular complexity index is 281. The number of benzene rings is 1. The van der Waals surface area contributed by atoms with Crippen LogP contribution in [0.25, 0.3) is 0 Å². The van der Waals surface area contributed by atoms with Crippen LogP contribution < -0.4 is 0 Å². The fourth-order valence-electron chi connectivity index (χ4n) is 1.01. The SMILES string of the molecule is CCC(C)OCc1c(F)cccc1Cl. The molecule has 0 aromatic heterocycles. The average Bonchev–Trinajstić information content (AvgIpc) is 2.16. The Morgan fingerprint density at radius 3 is 2.79 bits per heavy atom. The molecule has 1 rings (SSSR count). The number of halogens is 2. The van der Waals surface area contributed by atoms with Crippen LogP contribution in [0.4, 0.5) is 4.39 Å². The minimum absolute atomic E-state index is 0.130. The molecule has 14 heavy (non-hydrogen) atoms. The number of ether oxygens (including phenoxy) is 1. The van der Waals surface area contributed by atoms with Crippen LogP contribution in [0.1, 0.15) is 25.8 Å². The predicted molar refractivity (Wildman–Crippen MR) is 56.0 cm³/mol. The summed E-state index contributed by atoms with van der Waals surface area (Å²) in [4.78, 5) is 0. The summed E-state index contributed by atoms with van der Waals surface area (Å²) in [7, 11) is 0. The number of hydrogen-bond acceptors (Lipinski definition) is 1. The molecule has 1 aromatic carbocycles. The van der Waals surface area contributed by atoms with E-state index in [9.17, 15) is 4.39 Å². The van der Waals surface area contributed by atoms with Gasteiger partial charge in [0.15, 0.2) is 0 Å². The van der Waals surface area contributed by atoms with Gasteiger partial charge in [0.05, 0.1) is 12.7 Å². The van der Waals surface area contributed by atoms with Gasteiger partial charge < -0.3 is 4.74 Å². The highest BCUT2D eigenvalue weighted by Crippen LogP contribution is 2.20. The highest BCUT2D eigenvalue weighted by atomic mass is 35.5. The molecule has 1 atom stereocenters. The predicted octanol–water partition coefficient (Wildman–Crippen LogP) is 3.79. The minimum Gasteiger partial charge on any atom is -0.374 e. The Labute approximate surface area is 88.8 Å². The second-order valence-corrected chi connectivity index (χ2v) is 3.64. The lowest BCUT2D eigenvalue weighted by Crippen LogP contribution is -2.07. The molecule has 0 fully saturated rings. The molecule has 0 aliphatic heterocycles. The third-order valence-electron chi connectivity index (χ3n) is 2.15. The first kappa shape index (κ1) is 11.5. The minimum atomic E-state index is -0.305. The molecule has 78 valence electrons. The zero-order valence-corrected chi connectivity index (χ0v) is 9.14. The Balaban J connectivity index is 2.66. The van der Waals surface area contributed by atoms with Gasteiger partial charge in [-0.3, -0.25) is 0 Å². The van der Waals surface area contributed by atoms with Crippen molar-refractivity contribution in [2.24, 2.45) is 0 Å². The maximum atomic E-state index is 13.2. The number of rotatable bonds is 4. The van der Waals surface area contributed by atoms with Gasteiger partial charge in [-0.25, -0.2) is 4.39 Å². The first-order valence-electron chi connectivity index (χ1n) is 4.69. The monoisotopic (exact) mass is 216 g/mol. The van der Waals surface area contributed by atoms with Gasteiger partial charge in [-0.1, -0.05) is 24.6 Å². The van der Waals surface area contributed by atoms with E-state index in [-0.39, 0.29) is 18.5 Å². The van der Waals surface area contributed by atoms with Crippen LogP contribution in [0.3, 0.4) is 0 Å². The van der Waals surface area contributed by atoms with Crippen molar-refractivity contribution in [1.82, 2.24) is 0 Å². The van der Waals surface area contributed by atoms with E-state index in [0.29, 0.717) is 10.6 Å². The Morgan fingerprint density at radius 1 is 1.50 bits per heavy atom. The van der Waals surface area contributed by atoms with Gasteiger partial charge in [0.2, 0.25) is 0 Å². The highest BCUT2D eigenvalue weighted by Gasteiger charge is 2.08. The van der Waals surface area contributed by atoms with Gasteiger partial charge in [-0.2, -0.15) is 0 Å². The largest absolute Gasteiger partial charge is 0.374 e. The van der Waals surface area contributed by atoms with E-state index < -0.39 is 0 Å². The topological polar surface area (TPSA) is 9.23 Å². The maximum absolute atomic E-state index is 13.2. The summed E-state index contributed by atoms with van der Waals surface area (Å²) < 4.78 is 18.7. The summed E-state index contributed by atoms with van der Waals surface area (Å²) in [6.07, 6.45) is 1.04. The lowest BCUT2D eigenvalue weighted by atomic mass is 10.2. The summed E-state index contributed by atoms with van der Waals surface area (Å²) in [6.45, 7) is 4.21. The van der Waals surface area contributed by atoms with E-state index in [2.05, 4.69) is 0 Å². The van der Waals surface area contributed by atoms with Crippen LogP contribution in [-0.2, 0) is 11.3 Å². The smallest absolute Gasteiger partial charge is 0.130 e. The van der Waals surface area contributed by atoms with Crippen molar-refractivity contribution >= 4 is 11.6 Å². The molecule has 0 saturated heterocycles. The molecule has 0 spiro atoms. The van der Waals surface area contributed by atoms with E-state index in [4.69, 9.17) is 16.3 Å². The van der Waals surface area contributed by atoms with Gasteiger partial charge in [0.25, 0.3) is 0 Å². The van der Waals surface area contributed by atoms with Crippen molar-refractivity contribution in [3.8, 4) is 0 Å². The maximum Gasteiger partial charge on any atom is 0.130 e. The van der Waals surface area contributed by atoms with Crippen molar-refractivity contribution in [3.05, 3.63) is 34.6 Å². The molecule has 0 N–H and O–H groups in total. The summed E-state index contributed by atoms with van der Waals surface area (Å²) in [5.74, 6) is -0.305. The average molecular weight is 217 g/mol. The molecule has 3 heteroatoms.